The quantitative estimate of drug-likeness (QED) is 0.290. The molecule has 1 aromatic rings. The number of furan rings is 1. The Balaban J connectivity index is 2.26. The van der Waals surface area contributed by atoms with Gasteiger partial charge >= 0.3 is 0 Å². The number of rotatable bonds is 10. The van der Waals surface area contributed by atoms with Crippen LogP contribution in [-0.4, -0.2) is 43.0 Å². The lowest BCUT2D eigenvalue weighted by atomic mass is 10.4. The summed E-state index contributed by atoms with van der Waals surface area (Å²) in [7, 11) is 4.76. The molecule has 0 aliphatic carbocycles. The van der Waals surface area contributed by atoms with Crippen molar-refractivity contribution in [3.05, 3.63) is 51.0 Å². The molecule has 0 radical (unpaired) electrons. The van der Waals surface area contributed by atoms with Crippen molar-refractivity contribution in [2.75, 3.05) is 33.4 Å². The Morgan fingerprint density at radius 3 is 2.73 bits per heavy atom. The molecule has 22 heavy (non-hydrogen) atoms. The SMILES string of the molecule is CN/C(=C\[N+](=O)[O-])NCCSCc1ccc(C[N+](C)(C)[O-])o1. The van der Waals surface area contributed by atoms with Gasteiger partial charge in [0, 0.05) is 19.3 Å². The summed E-state index contributed by atoms with van der Waals surface area (Å²) >= 11 is 1.64. The zero-order valence-electron chi connectivity index (χ0n) is 13.0. The second kappa shape index (κ2) is 8.66. The molecular weight excluding hydrogens is 308 g/mol. The molecule has 8 nitrogen and oxygen atoms in total. The summed E-state index contributed by atoms with van der Waals surface area (Å²) in [6.45, 7) is 0.909. The Morgan fingerprint density at radius 2 is 2.14 bits per heavy atom. The van der Waals surface area contributed by atoms with Crippen molar-refractivity contribution in [1.29, 1.82) is 0 Å². The van der Waals surface area contributed by atoms with Gasteiger partial charge in [0.05, 0.1) is 24.8 Å². The monoisotopic (exact) mass is 330 g/mol. The Bertz CT molecular complexity index is 510. The number of thioether (sulfide) groups is 1. The lowest BCUT2D eigenvalue weighted by molar-refractivity contribution is -0.854. The third kappa shape index (κ3) is 7.91. The fourth-order valence-electron chi connectivity index (χ4n) is 1.69. The zero-order chi connectivity index (χ0) is 16.6. The minimum Gasteiger partial charge on any atom is -0.633 e. The summed E-state index contributed by atoms with van der Waals surface area (Å²) in [4.78, 5) is 9.84. The predicted octanol–water partition coefficient (Wildman–Crippen LogP) is 1.47. The molecule has 0 unspecified atom stereocenters. The van der Waals surface area contributed by atoms with Crippen molar-refractivity contribution in [3.63, 3.8) is 0 Å². The largest absolute Gasteiger partial charge is 0.633 e. The van der Waals surface area contributed by atoms with E-state index in [4.69, 9.17) is 4.42 Å². The molecule has 0 fully saturated rings. The van der Waals surface area contributed by atoms with Gasteiger partial charge < -0.3 is 24.9 Å². The van der Waals surface area contributed by atoms with E-state index in [1.807, 2.05) is 12.1 Å². The molecule has 2 N–H and O–H groups in total. The first-order chi connectivity index (χ1) is 10.3. The van der Waals surface area contributed by atoms with Crippen molar-refractivity contribution >= 4 is 11.8 Å². The van der Waals surface area contributed by atoms with Gasteiger partial charge in [-0.1, -0.05) is 0 Å². The van der Waals surface area contributed by atoms with Gasteiger partial charge in [0.2, 0.25) is 0 Å². The lowest BCUT2D eigenvalue weighted by Crippen LogP contribution is -2.30. The van der Waals surface area contributed by atoms with Crippen LogP contribution in [0, 0.1) is 15.3 Å². The molecule has 1 aromatic heterocycles. The van der Waals surface area contributed by atoms with Gasteiger partial charge in [0.25, 0.3) is 6.20 Å². The fraction of sp³-hybridized carbons (Fsp3) is 0.538. The van der Waals surface area contributed by atoms with Gasteiger partial charge in [-0.05, 0) is 12.1 Å². The predicted molar refractivity (Wildman–Crippen MR) is 86.2 cm³/mol. The van der Waals surface area contributed by atoms with Crippen LogP contribution in [0.3, 0.4) is 0 Å². The molecule has 0 aliphatic rings. The highest BCUT2D eigenvalue weighted by molar-refractivity contribution is 7.98. The van der Waals surface area contributed by atoms with Crippen LogP contribution >= 0.6 is 11.8 Å². The molecule has 0 atom stereocenters. The number of nitrogens with zero attached hydrogens (tertiary/aromatic N) is 2. The van der Waals surface area contributed by atoms with Crippen molar-refractivity contribution in [2.24, 2.45) is 0 Å². The smallest absolute Gasteiger partial charge is 0.274 e. The van der Waals surface area contributed by atoms with Crippen LogP contribution in [0.1, 0.15) is 11.5 Å². The maximum Gasteiger partial charge on any atom is 0.274 e. The van der Waals surface area contributed by atoms with E-state index in [9.17, 15) is 15.3 Å². The molecule has 0 aliphatic heterocycles. The molecule has 0 saturated heterocycles. The van der Waals surface area contributed by atoms with Crippen molar-refractivity contribution in [2.45, 2.75) is 12.3 Å². The summed E-state index contributed by atoms with van der Waals surface area (Å²) in [5, 5.41) is 27.6. The van der Waals surface area contributed by atoms with Gasteiger partial charge in [-0.2, -0.15) is 11.8 Å². The first kappa shape index (κ1) is 18.3. The van der Waals surface area contributed by atoms with E-state index in [0.717, 1.165) is 17.7 Å². The van der Waals surface area contributed by atoms with E-state index in [0.29, 0.717) is 30.4 Å². The van der Waals surface area contributed by atoms with E-state index in [1.165, 1.54) is 0 Å². The van der Waals surface area contributed by atoms with Gasteiger partial charge in [0.15, 0.2) is 11.6 Å². The zero-order valence-corrected chi connectivity index (χ0v) is 13.8. The van der Waals surface area contributed by atoms with Crippen LogP contribution in [0.2, 0.25) is 0 Å². The summed E-state index contributed by atoms with van der Waals surface area (Å²) in [5.74, 6) is 3.35. The fourth-order valence-corrected chi connectivity index (χ4v) is 2.44. The second-order valence-electron chi connectivity index (χ2n) is 5.16. The number of quaternary nitrogens is 1. The number of nitrogens with one attached hydrogen (secondary N) is 2. The highest BCUT2D eigenvalue weighted by Crippen LogP contribution is 2.17. The van der Waals surface area contributed by atoms with E-state index in [1.54, 1.807) is 32.9 Å². The third-order valence-corrected chi connectivity index (χ3v) is 3.55. The van der Waals surface area contributed by atoms with E-state index < -0.39 is 9.57 Å². The van der Waals surface area contributed by atoms with Crippen LogP contribution in [0.25, 0.3) is 0 Å². The van der Waals surface area contributed by atoms with Crippen molar-refractivity contribution in [3.8, 4) is 0 Å². The minimum atomic E-state index is -0.508. The van der Waals surface area contributed by atoms with Crippen LogP contribution in [-0.2, 0) is 12.3 Å². The summed E-state index contributed by atoms with van der Waals surface area (Å²) in [6.07, 6.45) is 0.895. The summed E-state index contributed by atoms with van der Waals surface area (Å²) < 4.78 is 5.17. The highest BCUT2D eigenvalue weighted by atomic mass is 32.2. The van der Waals surface area contributed by atoms with Gasteiger partial charge in [-0.25, -0.2) is 0 Å². The van der Waals surface area contributed by atoms with Crippen LogP contribution in [0.5, 0.6) is 0 Å². The molecule has 0 spiro atoms. The van der Waals surface area contributed by atoms with E-state index >= 15 is 0 Å². The Kier molecular flexibility index (Phi) is 7.22. The molecule has 0 aromatic carbocycles. The second-order valence-corrected chi connectivity index (χ2v) is 6.26. The lowest BCUT2D eigenvalue weighted by Gasteiger charge is -2.32. The molecule has 1 heterocycles. The molecular formula is C13H22N4O4S. The Morgan fingerprint density at radius 1 is 1.45 bits per heavy atom. The van der Waals surface area contributed by atoms with Gasteiger partial charge in [0.1, 0.15) is 12.3 Å². The van der Waals surface area contributed by atoms with Gasteiger partial charge in [-0.15, -0.1) is 0 Å². The average molecular weight is 330 g/mol. The van der Waals surface area contributed by atoms with Gasteiger partial charge in [-0.3, -0.25) is 10.1 Å². The Labute approximate surface area is 133 Å². The minimum absolute atomic E-state index is 0.309. The maximum absolute atomic E-state index is 11.6. The van der Waals surface area contributed by atoms with Crippen LogP contribution in [0.4, 0.5) is 0 Å². The van der Waals surface area contributed by atoms with E-state index in [2.05, 4.69) is 10.6 Å². The molecule has 0 amide bonds. The number of hydrogen-bond donors (Lipinski definition) is 2. The van der Waals surface area contributed by atoms with Crippen LogP contribution < -0.4 is 10.6 Å². The summed E-state index contributed by atoms with van der Waals surface area (Å²) in [6, 6.07) is 3.70. The topological polar surface area (TPSA) is 103 Å². The highest BCUT2D eigenvalue weighted by Gasteiger charge is 2.09. The summed E-state index contributed by atoms with van der Waals surface area (Å²) in [5.41, 5.74) is 0. The normalized spacial score (nSPS) is 12.3. The first-order valence-electron chi connectivity index (χ1n) is 6.76. The first-order valence-corrected chi connectivity index (χ1v) is 7.92. The molecule has 0 saturated carbocycles. The van der Waals surface area contributed by atoms with Crippen LogP contribution in [0.15, 0.2) is 28.6 Å². The molecule has 124 valence electrons. The number of hydroxylamine groups is 3. The van der Waals surface area contributed by atoms with Crippen molar-refractivity contribution < 1.29 is 14.0 Å². The molecule has 9 heteroatoms. The standard InChI is InChI=1S/C13H22N4O4S/c1-14-13(8-16(18)19)15-6-7-22-10-12-5-4-11(21-12)9-17(2,3)20/h4-5,8,14-15H,6-7,9-10H2,1-3H3/b13-8+. The Hall–Kier alpha value is -1.71. The third-order valence-electron chi connectivity index (χ3n) is 2.56. The van der Waals surface area contributed by atoms with E-state index in [-0.39, 0.29) is 0 Å². The van der Waals surface area contributed by atoms with Crippen molar-refractivity contribution in [1.82, 2.24) is 10.6 Å². The number of nitro groups is 1. The molecule has 0 bridgehead atoms. The molecule has 1 rings (SSSR count). The maximum atomic E-state index is 11.6. The average Bonchev–Trinajstić information content (AvgIpc) is 2.81. The number of hydrogen-bond acceptors (Lipinski definition) is 7.